The predicted octanol–water partition coefficient (Wildman–Crippen LogP) is 5.35. The number of hydrogen-bond donors (Lipinski definition) is 1. The quantitative estimate of drug-likeness (QED) is 0.597. The minimum Gasteiger partial charge on any atom is -0.313 e. The number of halogens is 4. The zero-order valence-electron chi connectivity index (χ0n) is 10.8. The van der Waals surface area contributed by atoms with Crippen LogP contribution < -0.4 is 5.32 Å². The van der Waals surface area contributed by atoms with Crippen molar-refractivity contribution in [3.05, 3.63) is 66.4 Å². The van der Waals surface area contributed by atoms with Crippen LogP contribution in [0.3, 0.4) is 0 Å². The van der Waals surface area contributed by atoms with Gasteiger partial charge in [-0.2, -0.15) is 0 Å². The van der Waals surface area contributed by atoms with E-state index in [-0.39, 0.29) is 11.9 Å². The third kappa shape index (κ3) is 3.72. The summed E-state index contributed by atoms with van der Waals surface area (Å²) in [5.41, 5.74) is 2.05. The first-order valence-corrected chi connectivity index (χ1v) is 8.33. The summed E-state index contributed by atoms with van der Waals surface area (Å²) in [6.07, 6.45) is 0.686. The largest absolute Gasteiger partial charge is 0.313 e. The van der Waals surface area contributed by atoms with Gasteiger partial charge in [0.25, 0.3) is 0 Å². The Balaban J connectivity index is 2.34. The van der Waals surface area contributed by atoms with E-state index in [0.717, 1.165) is 14.7 Å². The van der Waals surface area contributed by atoms with E-state index < -0.39 is 0 Å². The molecular weight excluding hydrogens is 455 g/mol. The number of nitrogens with one attached hydrogen (secondary N) is 1. The van der Waals surface area contributed by atoms with E-state index in [1.807, 2.05) is 31.3 Å². The van der Waals surface area contributed by atoms with Crippen LogP contribution in [0.1, 0.15) is 17.2 Å². The lowest BCUT2D eigenvalue weighted by atomic mass is 9.99. The number of likely N-dealkylation sites (N-methyl/N-ethyl adjacent to an activating group) is 1. The number of rotatable bonds is 4. The SMILES string of the molecule is CNC(Cc1cccc(F)c1Br)c1cc(Cl)ccc1I. The minimum atomic E-state index is -0.238. The topological polar surface area (TPSA) is 12.0 Å². The molecular formula is C15H13BrClFIN. The maximum Gasteiger partial charge on any atom is 0.137 e. The van der Waals surface area contributed by atoms with E-state index in [1.54, 1.807) is 6.07 Å². The van der Waals surface area contributed by atoms with Gasteiger partial charge in [0.1, 0.15) is 5.82 Å². The van der Waals surface area contributed by atoms with Crippen molar-refractivity contribution in [2.75, 3.05) is 7.05 Å². The molecule has 0 bridgehead atoms. The van der Waals surface area contributed by atoms with Gasteiger partial charge in [0, 0.05) is 14.6 Å². The van der Waals surface area contributed by atoms with Gasteiger partial charge >= 0.3 is 0 Å². The van der Waals surface area contributed by atoms with Gasteiger partial charge < -0.3 is 5.32 Å². The highest BCUT2D eigenvalue weighted by Crippen LogP contribution is 2.29. The number of benzene rings is 2. The van der Waals surface area contributed by atoms with Gasteiger partial charge in [0.2, 0.25) is 0 Å². The maximum absolute atomic E-state index is 13.6. The first-order valence-electron chi connectivity index (χ1n) is 6.08. The fourth-order valence-electron chi connectivity index (χ4n) is 2.08. The molecule has 5 heteroatoms. The van der Waals surface area contributed by atoms with Gasteiger partial charge in [0.05, 0.1) is 4.47 Å². The summed E-state index contributed by atoms with van der Waals surface area (Å²) in [6, 6.07) is 11.0. The van der Waals surface area contributed by atoms with Crippen molar-refractivity contribution >= 4 is 50.1 Å². The first-order chi connectivity index (χ1) is 9.52. The molecule has 1 N–H and O–H groups in total. The average Bonchev–Trinajstić information content (AvgIpc) is 2.43. The molecule has 0 aliphatic rings. The van der Waals surface area contributed by atoms with Crippen molar-refractivity contribution in [1.29, 1.82) is 0 Å². The average molecular weight is 469 g/mol. The standard InChI is InChI=1S/C15H13BrClFIN/c1-20-14(11-8-10(17)5-6-13(11)19)7-9-3-2-4-12(18)15(9)16/h2-6,8,14,20H,7H2,1H3. The molecule has 106 valence electrons. The summed E-state index contributed by atoms with van der Waals surface area (Å²) in [4.78, 5) is 0. The smallest absolute Gasteiger partial charge is 0.137 e. The molecule has 0 heterocycles. The summed E-state index contributed by atoms with van der Waals surface area (Å²) in [5.74, 6) is -0.238. The molecule has 2 rings (SSSR count). The van der Waals surface area contributed by atoms with Crippen LogP contribution in [0.15, 0.2) is 40.9 Å². The maximum atomic E-state index is 13.6. The Morgan fingerprint density at radius 1 is 1.35 bits per heavy atom. The highest BCUT2D eigenvalue weighted by atomic mass is 127. The molecule has 0 aliphatic heterocycles. The molecule has 0 saturated heterocycles. The van der Waals surface area contributed by atoms with E-state index in [0.29, 0.717) is 15.9 Å². The van der Waals surface area contributed by atoms with Crippen LogP contribution in [-0.4, -0.2) is 7.05 Å². The highest BCUT2D eigenvalue weighted by Gasteiger charge is 2.16. The molecule has 1 nitrogen and oxygen atoms in total. The predicted molar refractivity (Wildman–Crippen MR) is 93.8 cm³/mol. The Morgan fingerprint density at radius 2 is 2.10 bits per heavy atom. The molecule has 0 spiro atoms. The molecule has 2 aromatic rings. The second-order valence-electron chi connectivity index (χ2n) is 4.42. The molecule has 0 aliphatic carbocycles. The highest BCUT2D eigenvalue weighted by molar-refractivity contribution is 14.1. The van der Waals surface area contributed by atoms with Crippen molar-refractivity contribution in [3.8, 4) is 0 Å². The third-order valence-electron chi connectivity index (χ3n) is 3.14. The monoisotopic (exact) mass is 467 g/mol. The molecule has 0 amide bonds. The van der Waals surface area contributed by atoms with Gasteiger partial charge in [0.15, 0.2) is 0 Å². The van der Waals surface area contributed by atoms with Crippen LogP contribution >= 0.6 is 50.1 Å². The Hall–Kier alpha value is -0.170. The lowest BCUT2D eigenvalue weighted by molar-refractivity contribution is 0.578. The van der Waals surface area contributed by atoms with Gasteiger partial charge in [-0.25, -0.2) is 4.39 Å². The normalized spacial score (nSPS) is 12.4. The van der Waals surface area contributed by atoms with Gasteiger partial charge in [-0.3, -0.25) is 0 Å². The summed E-state index contributed by atoms with van der Waals surface area (Å²) < 4.78 is 15.3. The molecule has 1 atom stereocenters. The summed E-state index contributed by atoms with van der Waals surface area (Å²) in [5, 5.41) is 3.98. The zero-order valence-corrected chi connectivity index (χ0v) is 15.3. The van der Waals surface area contributed by atoms with E-state index in [4.69, 9.17) is 11.6 Å². The first kappa shape index (κ1) is 16.2. The summed E-state index contributed by atoms with van der Waals surface area (Å²) >= 11 is 11.7. The van der Waals surface area contributed by atoms with Crippen molar-refractivity contribution < 1.29 is 4.39 Å². The van der Waals surface area contributed by atoms with Crippen molar-refractivity contribution in [1.82, 2.24) is 5.32 Å². The lowest BCUT2D eigenvalue weighted by Gasteiger charge is -2.19. The molecule has 0 saturated carbocycles. The fraction of sp³-hybridized carbons (Fsp3) is 0.200. The van der Waals surface area contributed by atoms with Crippen LogP contribution in [0.4, 0.5) is 4.39 Å². The Bertz CT molecular complexity index is 621. The molecule has 20 heavy (non-hydrogen) atoms. The Morgan fingerprint density at radius 3 is 2.80 bits per heavy atom. The van der Waals surface area contributed by atoms with Crippen LogP contribution in [0.25, 0.3) is 0 Å². The van der Waals surface area contributed by atoms with Crippen LogP contribution in [-0.2, 0) is 6.42 Å². The van der Waals surface area contributed by atoms with Crippen LogP contribution in [0, 0.1) is 9.39 Å². The number of hydrogen-bond acceptors (Lipinski definition) is 1. The molecule has 1 unspecified atom stereocenters. The van der Waals surface area contributed by atoms with E-state index in [2.05, 4.69) is 43.8 Å². The molecule has 0 aromatic heterocycles. The zero-order chi connectivity index (χ0) is 14.7. The Kier molecular flexibility index (Phi) is 5.84. The van der Waals surface area contributed by atoms with E-state index >= 15 is 0 Å². The third-order valence-corrected chi connectivity index (χ3v) is 5.24. The van der Waals surface area contributed by atoms with Crippen molar-refractivity contribution in [2.45, 2.75) is 12.5 Å². The summed E-state index contributed by atoms with van der Waals surface area (Å²) in [6.45, 7) is 0. The van der Waals surface area contributed by atoms with Gasteiger partial charge in [-0.15, -0.1) is 0 Å². The Labute approximate surface area is 145 Å². The lowest BCUT2D eigenvalue weighted by Crippen LogP contribution is -2.20. The summed E-state index contributed by atoms with van der Waals surface area (Å²) in [7, 11) is 1.90. The van der Waals surface area contributed by atoms with Crippen molar-refractivity contribution in [3.63, 3.8) is 0 Å². The molecule has 2 aromatic carbocycles. The van der Waals surface area contributed by atoms with Crippen molar-refractivity contribution in [2.24, 2.45) is 0 Å². The van der Waals surface area contributed by atoms with E-state index in [1.165, 1.54) is 6.07 Å². The van der Waals surface area contributed by atoms with E-state index in [9.17, 15) is 4.39 Å². The second kappa shape index (κ2) is 7.20. The molecule has 0 fully saturated rings. The minimum absolute atomic E-state index is 0.0821. The molecule has 0 radical (unpaired) electrons. The fourth-order valence-corrected chi connectivity index (χ4v) is 3.39. The van der Waals surface area contributed by atoms with Crippen LogP contribution in [0.5, 0.6) is 0 Å². The van der Waals surface area contributed by atoms with Gasteiger partial charge in [-0.05, 0) is 87.4 Å². The van der Waals surface area contributed by atoms with Gasteiger partial charge in [-0.1, -0.05) is 23.7 Å². The van der Waals surface area contributed by atoms with Crippen LogP contribution in [0.2, 0.25) is 5.02 Å². The second-order valence-corrected chi connectivity index (χ2v) is 6.82.